The van der Waals surface area contributed by atoms with E-state index in [1.807, 2.05) is 24.3 Å². The van der Waals surface area contributed by atoms with Crippen LogP contribution in [-0.2, 0) is 11.3 Å². The summed E-state index contributed by atoms with van der Waals surface area (Å²) in [5, 5.41) is 12.6. The average Bonchev–Trinajstić information content (AvgIpc) is 2.78. The standard InChI is InChI=1S/C23H24ClN3O4/c1-31-20-8-3-2-5-15(20)12-27-13-25-17-6-4-7-18(21(17)23(27)30)26-22(29)14-9-10-19(28)16(24)11-14/h2-8,13-14,16,19,28H,9-12H2,1H3,(H,26,29). The number of hydrogen-bond acceptors (Lipinski definition) is 5. The lowest BCUT2D eigenvalue weighted by molar-refractivity contribution is -0.121. The number of methoxy groups -OCH3 is 1. The monoisotopic (exact) mass is 441 g/mol. The highest BCUT2D eigenvalue weighted by Crippen LogP contribution is 2.30. The van der Waals surface area contributed by atoms with Crippen LogP contribution in [0.3, 0.4) is 0 Å². The topological polar surface area (TPSA) is 93.4 Å². The van der Waals surface area contributed by atoms with Gasteiger partial charge in [-0.25, -0.2) is 4.98 Å². The Bertz CT molecular complexity index is 1160. The Hall–Kier alpha value is -2.90. The van der Waals surface area contributed by atoms with Crippen LogP contribution in [0.4, 0.5) is 5.69 Å². The molecule has 1 amide bonds. The summed E-state index contributed by atoms with van der Waals surface area (Å²) >= 11 is 6.15. The van der Waals surface area contributed by atoms with Gasteiger partial charge in [0.15, 0.2) is 0 Å². The van der Waals surface area contributed by atoms with Gasteiger partial charge in [-0.3, -0.25) is 14.2 Å². The van der Waals surface area contributed by atoms with Gasteiger partial charge < -0.3 is 15.2 Å². The maximum atomic E-state index is 13.3. The van der Waals surface area contributed by atoms with Crippen LogP contribution in [0.5, 0.6) is 5.75 Å². The number of ether oxygens (including phenoxy) is 1. The molecule has 7 nitrogen and oxygen atoms in total. The lowest BCUT2D eigenvalue weighted by atomic mass is 9.86. The molecule has 1 aromatic heterocycles. The first kappa shape index (κ1) is 21.3. The normalized spacial score (nSPS) is 21.1. The summed E-state index contributed by atoms with van der Waals surface area (Å²) in [6.07, 6.45) is 2.35. The van der Waals surface area contributed by atoms with Crippen molar-refractivity contribution in [3.8, 4) is 5.75 Å². The van der Waals surface area contributed by atoms with Gasteiger partial charge >= 0.3 is 0 Å². The molecule has 2 N–H and O–H groups in total. The highest BCUT2D eigenvalue weighted by atomic mass is 35.5. The number of alkyl halides is 1. The van der Waals surface area contributed by atoms with Crippen molar-refractivity contribution < 1.29 is 14.6 Å². The fourth-order valence-electron chi connectivity index (χ4n) is 4.01. The fraction of sp³-hybridized carbons (Fsp3) is 0.348. The molecule has 1 fully saturated rings. The fourth-order valence-corrected chi connectivity index (χ4v) is 4.35. The maximum absolute atomic E-state index is 13.3. The molecule has 2 aromatic carbocycles. The van der Waals surface area contributed by atoms with Gasteiger partial charge in [0, 0.05) is 11.5 Å². The molecule has 3 atom stereocenters. The minimum absolute atomic E-state index is 0.204. The second-order valence-corrected chi connectivity index (χ2v) is 8.33. The van der Waals surface area contributed by atoms with E-state index in [4.69, 9.17) is 16.3 Å². The number of fused-ring (bicyclic) bond motifs is 1. The SMILES string of the molecule is COc1ccccc1Cn1cnc2cccc(NC(=O)C3CCC(O)C(Cl)C3)c2c1=O. The van der Waals surface area contributed by atoms with E-state index in [0.29, 0.717) is 48.1 Å². The van der Waals surface area contributed by atoms with Gasteiger partial charge in [-0.2, -0.15) is 0 Å². The van der Waals surface area contributed by atoms with Crippen LogP contribution in [0.1, 0.15) is 24.8 Å². The van der Waals surface area contributed by atoms with Crippen molar-refractivity contribution in [3.05, 3.63) is 64.7 Å². The van der Waals surface area contributed by atoms with E-state index in [2.05, 4.69) is 10.3 Å². The van der Waals surface area contributed by atoms with Crippen LogP contribution in [-0.4, -0.2) is 39.2 Å². The quantitative estimate of drug-likeness (QED) is 0.593. The highest BCUT2D eigenvalue weighted by molar-refractivity contribution is 6.21. The molecule has 1 aliphatic carbocycles. The molecule has 1 heterocycles. The van der Waals surface area contributed by atoms with E-state index in [-0.39, 0.29) is 17.4 Å². The Morgan fingerprint density at radius 3 is 2.84 bits per heavy atom. The van der Waals surface area contributed by atoms with Gasteiger partial charge in [0.2, 0.25) is 5.91 Å². The number of para-hydroxylation sites is 1. The first-order valence-electron chi connectivity index (χ1n) is 10.2. The number of anilines is 1. The van der Waals surface area contributed by atoms with Gasteiger partial charge in [0.05, 0.1) is 48.1 Å². The number of aromatic nitrogens is 2. The van der Waals surface area contributed by atoms with Gasteiger partial charge in [0.25, 0.3) is 5.56 Å². The zero-order valence-corrected chi connectivity index (χ0v) is 17.9. The maximum Gasteiger partial charge on any atom is 0.263 e. The van der Waals surface area contributed by atoms with Crippen molar-refractivity contribution >= 4 is 34.1 Å². The van der Waals surface area contributed by atoms with Crippen LogP contribution in [0.25, 0.3) is 10.9 Å². The van der Waals surface area contributed by atoms with Crippen molar-refractivity contribution in [3.63, 3.8) is 0 Å². The van der Waals surface area contributed by atoms with Crippen LogP contribution in [0, 0.1) is 5.92 Å². The molecule has 1 aliphatic rings. The second kappa shape index (κ2) is 9.08. The number of carbonyl (C=O) groups excluding carboxylic acids is 1. The van der Waals surface area contributed by atoms with Crippen LogP contribution in [0.15, 0.2) is 53.6 Å². The second-order valence-electron chi connectivity index (χ2n) is 7.77. The molecule has 31 heavy (non-hydrogen) atoms. The Kier molecular flexibility index (Phi) is 6.25. The number of aliphatic hydroxyl groups is 1. The van der Waals surface area contributed by atoms with Crippen molar-refractivity contribution in [1.82, 2.24) is 9.55 Å². The lowest BCUT2D eigenvalue weighted by Crippen LogP contribution is -2.35. The van der Waals surface area contributed by atoms with Gasteiger partial charge in [-0.05, 0) is 37.5 Å². The van der Waals surface area contributed by atoms with Crippen molar-refractivity contribution in [2.75, 3.05) is 12.4 Å². The van der Waals surface area contributed by atoms with Gasteiger partial charge in [-0.1, -0.05) is 24.3 Å². The first-order chi connectivity index (χ1) is 15.0. The van der Waals surface area contributed by atoms with Crippen molar-refractivity contribution in [2.24, 2.45) is 5.92 Å². The summed E-state index contributed by atoms with van der Waals surface area (Å²) in [4.78, 5) is 30.5. The highest BCUT2D eigenvalue weighted by Gasteiger charge is 2.32. The summed E-state index contributed by atoms with van der Waals surface area (Å²) in [6.45, 7) is 0.294. The summed E-state index contributed by atoms with van der Waals surface area (Å²) < 4.78 is 6.88. The lowest BCUT2D eigenvalue weighted by Gasteiger charge is -2.28. The molecule has 3 unspecified atom stereocenters. The molecule has 0 radical (unpaired) electrons. The third-order valence-corrected chi connectivity index (χ3v) is 6.22. The molecule has 0 saturated heterocycles. The Balaban J connectivity index is 1.65. The summed E-state index contributed by atoms with van der Waals surface area (Å²) in [5.74, 6) is 0.171. The third kappa shape index (κ3) is 4.43. The number of nitrogens with one attached hydrogen (secondary N) is 1. The van der Waals surface area contributed by atoms with E-state index in [1.54, 1.807) is 25.3 Å². The van der Waals surface area contributed by atoms with Gasteiger partial charge in [0.1, 0.15) is 5.75 Å². The molecular weight excluding hydrogens is 418 g/mol. The first-order valence-corrected chi connectivity index (χ1v) is 10.6. The molecule has 0 bridgehead atoms. The third-order valence-electron chi connectivity index (χ3n) is 5.75. The largest absolute Gasteiger partial charge is 0.496 e. The van der Waals surface area contributed by atoms with E-state index >= 15 is 0 Å². The van der Waals surface area contributed by atoms with Crippen LogP contribution in [0.2, 0.25) is 0 Å². The molecule has 3 aromatic rings. The predicted molar refractivity (Wildman–Crippen MR) is 120 cm³/mol. The molecule has 1 saturated carbocycles. The number of amides is 1. The summed E-state index contributed by atoms with van der Waals surface area (Å²) in [6, 6.07) is 12.7. The summed E-state index contributed by atoms with van der Waals surface area (Å²) in [5.41, 5.74) is 1.53. The molecule has 8 heteroatoms. The zero-order valence-electron chi connectivity index (χ0n) is 17.1. The Morgan fingerprint density at radius 1 is 1.26 bits per heavy atom. The Morgan fingerprint density at radius 2 is 2.06 bits per heavy atom. The minimum Gasteiger partial charge on any atom is -0.496 e. The number of carbonyl (C=O) groups is 1. The van der Waals surface area contributed by atoms with Gasteiger partial charge in [-0.15, -0.1) is 11.6 Å². The number of nitrogens with zero attached hydrogens (tertiary/aromatic N) is 2. The average molecular weight is 442 g/mol. The smallest absolute Gasteiger partial charge is 0.263 e. The number of hydrogen-bond donors (Lipinski definition) is 2. The van der Waals surface area contributed by atoms with Crippen molar-refractivity contribution in [2.45, 2.75) is 37.3 Å². The van der Waals surface area contributed by atoms with Crippen LogP contribution >= 0.6 is 11.6 Å². The molecule has 4 rings (SSSR count). The van der Waals surface area contributed by atoms with Crippen molar-refractivity contribution in [1.29, 1.82) is 0 Å². The summed E-state index contributed by atoms with van der Waals surface area (Å²) in [7, 11) is 1.59. The van der Waals surface area contributed by atoms with E-state index < -0.39 is 11.5 Å². The number of halogens is 1. The van der Waals surface area contributed by atoms with E-state index in [1.165, 1.54) is 10.9 Å². The van der Waals surface area contributed by atoms with Crippen LogP contribution < -0.4 is 15.6 Å². The zero-order chi connectivity index (χ0) is 22.0. The predicted octanol–water partition coefficient (Wildman–Crippen LogP) is 3.16. The number of benzene rings is 2. The van der Waals surface area contributed by atoms with E-state index in [9.17, 15) is 14.7 Å². The van der Waals surface area contributed by atoms with E-state index in [0.717, 1.165) is 5.56 Å². The molecule has 0 aliphatic heterocycles. The minimum atomic E-state index is -0.588. The molecule has 162 valence electrons. The number of rotatable bonds is 5. The number of aliphatic hydroxyl groups excluding tert-OH is 1. The Labute approximate surface area is 184 Å². The molecular formula is C23H24ClN3O4. The molecule has 0 spiro atoms.